The van der Waals surface area contributed by atoms with Gasteiger partial charge in [0.15, 0.2) is 0 Å². The summed E-state index contributed by atoms with van der Waals surface area (Å²) in [5, 5.41) is 2.44. The first-order chi connectivity index (χ1) is 7.49. The minimum atomic E-state index is -0.761. The van der Waals surface area contributed by atoms with Gasteiger partial charge < -0.3 is 11.1 Å². The molecule has 0 spiro atoms. The molecule has 1 atom stereocenters. The van der Waals surface area contributed by atoms with Gasteiger partial charge in [0.1, 0.15) is 11.9 Å². The van der Waals surface area contributed by atoms with E-state index in [0.717, 1.165) is 5.56 Å². The van der Waals surface area contributed by atoms with Crippen LogP contribution in [0.2, 0.25) is 0 Å². The quantitative estimate of drug-likeness (QED) is 0.775. The van der Waals surface area contributed by atoms with Crippen LogP contribution in [-0.2, 0) is 16.0 Å². The molecule has 0 fully saturated rings. The zero-order chi connectivity index (χ0) is 12.1. The van der Waals surface area contributed by atoms with Crippen LogP contribution in [0.1, 0.15) is 12.5 Å². The second kappa shape index (κ2) is 5.25. The summed E-state index contributed by atoms with van der Waals surface area (Å²) in [5.74, 6) is -1.29. The molecular formula is C11H13FN2O2. The lowest BCUT2D eigenvalue weighted by Crippen LogP contribution is -2.44. The fourth-order valence-electron chi connectivity index (χ4n) is 1.32. The van der Waals surface area contributed by atoms with Crippen molar-refractivity contribution in [2.45, 2.75) is 19.4 Å². The van der Waals surface area contributed by atoms with E-state index >= 15 is 0 Å². The number of hydrogen-bond acceptors (Lipinski definition) is 2. The molecule has 0 aromatic heterocycles. The molecule has 1 aromatic rings. The Morgan fingerprint density at radius 1 is 1.38 bits per heavy atom. The molecule has 0 aliphatic rings. The molecular weight excluding hydrogens is 211 g/mol. The predicted molar refractivity (Wildman–Crippen MR) is 56.9 cm³/mol. The first-order valence-corrected chi connectivity index (χ1v) is 4.80. The van der Waals surface area contributed by atoms with Crippen molar-refractivity contribution in [2.75, 3.05) is 0 Å². The maximum atomic E-state index is 12.6. The molecule has 0 radical (unpaired) electrons. The number of nitrogens with one attached hydrogen (secondary N) is 1. The molecule has 4 nitrogen and oxygen atoms in total. The molecule has 86 valence electrons. The lowest BCUT2D eigenvalue weighted by molar-refractivity contribution is -0.126. The van der Waals surface area contributed by atoms with Crippen LogP contribution in [0.25, 0.3) is 0 Å². The van der Waals surface area contributed by atoms with Gasteiger partial charge >= 0.3 is 0 Å². The highest BCUT2D eigenvalue weighted by Crippen LogP contribution is 2.05. The highest BCUT2D eigenvalue weighted by molar-refractivity contribution is 5.85. The molecule has 0 saturated carbocycles. The Morgan fingerprint density at radius 2 is 1.94 bits per heavy atom. The minimum absolute atomic E-state index is 0.259. The van der Waals surface area contributed by atoms with Gasteiger partial charge in [-0.25, -0.2) is 4.39 Å². The van der Waals surface area contributed by atoms with E-state index in [9.17, 15) is 14.0 Å². The lowest BCUT2D eigenvalue weighted by Gasteiger charge is -2.13. The Morgan fingerprint density at radius 3 is 2.38 bits per heavy atom. The van der Waals surface area contributed by atoms with E-state index in [0.29, 0.717) is 0 Å². The average molecular weight is 224 g/mol. The Hall–Kier alpha value is -1.91. The lowest BCUT2D eigenvalue weighted by atomic mass is 10.1. The fourth-order valence-corrected chi connectivity index (χ4v) is 1.32. The van der Waals surface area contributed by atoms with Crippen LogP contribution >= 0.6 is 0 Å². The summed E-state index contributed by atoms with van der Waals surface area (Å²) in [6.07, 6.45) is 0.259. The largest absolute Gasteiger partial charge is 0.368 e. The van der Waals surface area contributed by atoms with E-state index in [1.165, 1.54) is 19.1 Å². The number of carbonyl (C=O) groups excluding carboxylic acids is 2. The van der Waals surface area contributed by atoms with Gasteiger partial charge in [0.25, 0.3) is 0 Å². The molecule has 0 aliphatic carbocycles. The zero-order valence-electron chi connectivity index (χ0n) is 8.87. The molecule has 1 aromatic carbocycles. The zero-order valence-corrected chi connectivity index (χ0v) is 8.87. The molecule has 0 saturated heterocycles. The van der Waals surface area contributed by atoms with E-state index in [1.54, 1.807) is 12.1 Å². The molecule has 0 unspecified atom stereocenters. The van der Waals surface area contributed by atoms with Gasteiger partial charge in [-0.3, -0.25) is 9.59 Å². The third-order valence-electron chi connectivity index (χ3n) is 2.07. The van der Waals surface area contributed by atoms with Crippen LogP contribution < -0.4 is 11.1 Å². The topological polar surface area (TPSA) is 72.2 Å². The normalized spacial score (nSPS) is 11.9. The van der Waals surface area contributed by atoms with Crippen molar-refractivity contribution in [3.05, 3.63) is 35.6 Å². The van der Waals surface area contributed by atoms with Crippen molar-refractivity contribution in [3.63, 3.8) is 0 Å². The van der Waals surface area contributed by atoms with Crippen LogP contribution in [-0.4, -0.2) is 17.9 Å². The SMILES string of the molecule is CC(=O)N[C@@H](Cc1ccc(F)cc1)C(N)=O. The van der Waals surface area contributed by atoms with Gasteiger partial charge in [-0.15, -0.1) is 0 Å². The maximum absolute atomic E-state index is 12.6. The molecule has 0 bridgehead atoms. The molecule has 0 heterocycles. The third-order valence-corrected chi connectivity index (χ3v) is 2.07. The summed E-state index contributed by atoms with van der Waals surface area (Å²) >= 11 is 0. The number of nitrogens with two attached hydrogens (primary N) is 1. The molecule has 5 heteroatoms. The van der Waals surface area contributed by atoms with Gasteiger partial charge in [-0.2, -0.15) is 0 Å². The van der Waals surface area contributed by atoms with Gasteiger partial charge in [0, 0.05) is 13.3 Å². The summed E-state index contributed by atoms with van der Waals surface area (Å²) in [5.41, 5.74) is 5.87. The molecule has 0 aliphatic heterocycles. The second-order valence-corrected chi connectivity index (χ2v) is 3.49. The van der Waals surface area contributed by atoms with E-state index in [1.807, 2.05) is 0 Å². The Labute approximate surface area is 92.6 Å². The van der Waals surface area contributed by atoms with E-state index in [-0.39, 0.29) is 18.1 Å². The summed E-state index contributed by atoms with van der Waals surface area (Å²) in [7, 11) is 0. The number of amides is 2. The van der Waals surface area contributed by atoms with Gasteiger partial charge in [0.05, 0.1) is 0 Å². The number of benzene rings is 1. The Kier molecular flexibility index (Phi) is 3.99. The second-order valence-electron chi connectivity index (χ2n) is 3.49. The molecule has 16 heavy (non-hydrogen) atoms. The smallest absolute Gasteiger partial charge is 0.240 e. The van der Waals surface area contributed by atoms with Crippen molar-refractivity contribution in [1.29, 1.82) is 0 Å². The highest BCUT2D eigenvalue weighted by Gasteiger charge is 2.16. The van der Waals surface area contributed by atoms with E-state index in [2.05, 4.69) is 5.32 Å². The fraction of sp³-hybridized carbons (Fsp3) is 0.273. The summed E-state index contributed by atoms with van der Waals surface area (Å²) in [6, 6.07) is 4.92. The number of halogens is 1. The third kappa shape index (κ3) is 3.68. The standard InChI is InChI=1S/C11H13FN2O2/c1-7(15)14-10(11(13)16)6-8-2-4-9(12)5-3-8/h2-5,10H,6H2,1H3,(H2,13,16)(H,14,15)/t10-/m0/s1. The Balaban J connectivity index is 2.71. The molecule has 3 N–H and O–H groups in total. The van der Waals surface area contributed by atoms with Gasteiger partial charge in [-0.05, 0) is 17.7 Å². The first kappa shape index (κ1) is 12.2. The number of rotatable bonds is 4. The van der Waals surface area contributed by atoms with Crippen LogP contribution in [0.4, 0.5) is 4.39 Å². The van der Waals surface area contributed by atoms with Crippen molar-refractivity contribution in [1.82, 2.24) is 5.32 Å². The van der Waals surface area contributed by atoms with Crippen molar-refractivity contribution >= 4 is 11.8 Å². The van der Waals surface area contributed by atoms with Crippen molar-refractivity contribution in [3.8, 4) is 0 Å². The summed E-state index contributed by atoms with van der Waals surface area (Å²) < 4.78 is 12.6. The van der Waals surface area contributed by atoms with Gasteiger partial charge in [0.2, 0.25) is 11.8 Å². The van der Waals surface area contributed by atoms with Crippen LogP contribution in [0.3, 0.4) is 0 Å². The molecule has 2 amide bonds. The summed E-state index contributed by atoms with van der Waals surface area (Å²) in [6.45, 7) is 1.31. The van der Waals surface area contributed by atoms with Crippen LogP contribution in [0.5, 0.6) is 0 Å². The van der Waals surface area contributed by atoms with E-state index < -0.39 is 11.9 Å². The Bertz CT molecular complexity index is 389. The van der Waals surface area contributed by atoms with Crippen molar-refractivity contribution < 1.29 is 14.0 Å². The monoisotopic (exact) mass is 224 g/mol. The summed E-state index contributed by atoms with van der Waals surface area (Å²) in [4.78, 5) is 21.9. The van der Waals surface area contributed by atoms with Crippen LogP contribution in [0.15, 0.2) is 24.3 Å². The van der Waals surface area contributed by atoms with Crippen LogP contribution in [0, 0.1) is 5.82 Å². The number of primary amides is 1. The van der Waals surface area contributed by atoms with Gasteiger partial charge in [-0.1, -0.05) is 12.1 Å². The minimum Gasteiger partial charge on any atom is -0.368 e. The average Bonchev–Trinajstić information content (AvgIpc) is 2.19. The number of hydrogen-bond donors (Lipinski definition) is 2. The number of carbonyl (C=O) groups is 2. The van der Waals surface area contributed by atoms with E-state index in [4.69, 9.17) is 5.73 Å². The predicted octanol–water partition coefficient (Wildman–Crippen LogP) is 0.358. The first-order valence-electron chi connectivity index (χ1n) is 4.80. The molecule has 1 rings (SSSR count). The van der Waals surface area contributed by atoms with Crippen molar-refractivity contribution in [2.24, 2.45) is 5.73 Å². The maximum Gasteiger partial charge on any atom is 0.240 e. The highest BCUT2D eigenvalue weighted by atomic mass is 19.1.